The number of hydrogen-bond donors (Lipinski definition) is 2. The summed E-state index contributed by atoms with van der Waals surface area (Å²) < 4.78 is 2.48. The summed E-state index contributed by atoms with van der Waals surface area (Å²) in [7, 11) is 1.45. The third kappa shape index (κ3) is 2.99. The number of nitrogens with two attached hydrogens (primary N) is 1. The molecule has 0 bridgehead atoms. The van der Waals surface area contributed by atoms with Gasteiger partial charge in [0.15, 0.2) is 0 Å². The molecule has 0 atom stereocenters. The van der Waals surface area contributed by atoms with E-state index < -0.39 is 11.2 Å². The van der Waals surface area contributed by atoms with Crippen LogP contribution in [0.4, 0.5) is 11.5 Å². The van der Waals surface area contributed by atoms with Crippen molar-refractivity contribution in [2.75, 3.05) is 11.1 Å². The molecule has 0 aromatic carbocycles. The van der Waals surface area contributed by atoms with Crippen LogP contribution in [0.2, 0.25) is 0 Å². The van der Waals surface area contributed by atoms with E-state index in [9.17, 15) is 9.59 Å². The van der Waals surface area contributed by atoms with Crippen LogP contribution in [0.5, 0.6) is 0 Å². The highest BCUT2D eigenvalue weighted by Gasteiger charge is 2.14. The van der Waals surface area contributed by atoms with E-state index in [1.807, 2.05) is 19.2 Å². The Balaban J connectivity index is 2.38. The van der Waals surface area contributed by atoms with Gasteiger partial charge in [-0.2, -0.15) is 0 Å². The highest BCUT2D eigenvalue weighted by Crippen LogP contribution is 2.14. The second-order valence-corrected chi connectivity index (χ2v) is 5.83. The Morgan fingerprint density at radius 2 is 2.14 bits per heavy atom. The lowest BCUT2D eigenvalue weighted by Crippen LogP contribution is -2.40. The molecule has 2 heterocycles. The molecule has 0 fully saturated rings. The summed E-state index contributed by atoms with van der Waals surface area (Å²) in [5.41, 5.74) is 6.25. The summed E-state index contributed by atoms with van der Waals surface area (Å²) in [6, 6.07) is 0. The van der Waals surface area contributed by atoms with Gasteiger partial charge >= 0.3 is 5.69 Å². The van der Waals surface area contributed by atoms with E-state index in [0.717, 1.165) is 21.7 Å². The minimum atomic E-state index is -0.420. The molecule has 0 unspecified atom stereocenters. The van der Waals surface area contributed by atoms with Gasteiger partial charge in [-0.1, -0.05) is 6.92 Å². The molecule has 2 aromatic rings. The first-order valence-corrected chi connectivity index (χ1v) is 7.57. The van der Waals surface area contributed by atoms with E-state index in [4.69, 9.17) is 5.73 Å². The molecule has 0 saturated heterocycles. The molecule has 0 saturated carbocycles. The molecule has 21 heavy (non-hydrogen) atoms. The first kappa shape index (κ1) is 15.3. The average molecular weight is 309 g/mol. The molecule has 0 aliphatic rings. The maximum absolute atomic E-state index is 12.2. The number of nitrogens with zero attached hydrogens (tertiary/aromatic N) is 3. The zero-order chi connectivity index (χ0) is 15.6. The first-order chi connectivity index (χ1) is 9.95. The maximum atomic E-state index is 12.2. The maximum Gasteiger partial charge on any atom is 0.332 e. The summed E-state index contributed by atoms with van der Waals surface area (Å²) in [6.45, 7) is 4.74. The molecule has 8 heteroatoms. The molecule has 0 aliphatic heterocycles. The number of anilines is 2. The highest BCUT2D eigenvalue weighted by atomic mass is 32.1. The predicted molar refractivity (Wildman–Crippen MR) is 84.8 cm³/mol. The van der Waals surface area contributed by atoms with Crippen LogP contribution < -0.4 is 22.3 Å². The zero-order valence-corrected chi connectivity index (χ0v) is 13.2. The summed E-state index contributed by atoms with van der Waals surface area (Å²) in [5, 5.41) is 5.89. The lowest BCUT2D eigenvalue weighted by atomic mass is 10.3. The van der Waals surface area contributed by atoms with E-state index in [1.54, 1.807) is 11.3 Å². The smallest absolute Gasteiger partial charge is 0.332 e. The molecule has 0 spiro atoms. The number of thiazole rings is 1. The molecule has 0 radical (unpaired) electrons. The van der Waals surface area contributed by atoms with Crippen molar-refractivity contribution < 1.29 is 0 Å². The van der Waals surface area contributed by atoms with Crippen LogP contribution in [0.25, 0.3) is 0 Å². The van der Waals surface area contributed by atoms with Gasteiger partial charge in [0.25, 0.3) is 5.56 Å². The first-order valence-electron chi connectivity index (χ1n) is 6.69. The SMILES string of the molecule is CCCn1c(N)c(NCc2csc(C)n2)c(=O)n(C)c1=O. The molecule has 7 nitrogen and oxygen atoms in total. The minimum Gasteiger partial charge on any atom is -0.383 e. The largest absolute Gasteiger partial charge is 0.383 e. The van der Waals surface area contributed by atoms with Crippen LogP contribution in [0, 0.1) is 6.92 Å². The van der Waals surface area contributed by atoms with Crippen molar-refractivity contribution in [1.29, 1.82) is 0 Å². The van der Waals surface area contributed by atoms with E-state index in [0.29, 0.717) is 13.1 Å². The van der Waals surface area contributed by atoms with Gasteiger partial charge in [-0.05, 0) is 13.3 Å². The minimum absolute atomic E-state index is 0.178. The third-order valence-corrected chi connectivity index (χ3v) is 3.97. The molecule has 0 aliphatic carbocycles. The van der Waals surface area contributed by atoms with Crippen LogP contribution >= 0.6 is 11.3 Å². The molecular weight excluding hydrogens is 290 g/mol. The molecule has 0 amide bonds. The predicted octanol–water partition coefficient (Wildman–Crippen LogP) is 0.916. The fraction of sp³-hybridized carbons (Fsp3) is 0.462. The third-order valence-electron chi connectivity index (χ3n) is 3.14. The van der Waals surface area contributed by atoms with Gasteiger partial charge in [0.1, 0.15) is 11.5 Å². The molecule has 2 rings (SSSR count). The second-order valence-electron chi connectivity index (χ2n) is 4.77. The van der Waals surface area contributed by atoms with E-state index in [-0.39, 0.29) is 11.5 Å². The van der Waals surface area contributed by atoms with Crippen molar-refractivity contribution in [3.05, 3.63) is 36.9 Å². The Morgan fingerprint density at radius 1 is 1.43 bits per heavy atom. The van der Waals surface area contributed by atoms with Crippen LogP contribution in [0.3, 0.4) is 0 Å². The number of rotatable bonds is 5. The van der Waals surface area contributed by atoms with E-state index in [2.05, 4.69) is 10.3 Å². The van der Waals surface area contributed by atoms with Gasteiger partial charge in [0.05, 0.1) is 17.2 Å². The Labute approximate surface area is 126 Å². The van der Waals surface area contributed by atoms with Crippen molar-refractivity contribution in [3.63, 3.8) is 0 Å². The van der Waals surface area contributed by atoms with E-state index in [1.165, 1.54) is 11.6 Å². The zero-order valence-electron chi connectivity index (χ0n) is 12.3. The quantitative estimate of drug-likeness (QED) is 0.856. The van der Waals surface area contributed by atoms with Crippen LogP contribution in [0.15, 0.2) is 15.0 Å². The molecular formula is C13H19N5O2S. The average Bonchev–Trinajstić information content (AvgIpc) is 2.87. The number of nitrogen functional groups attached to an aromatic ring is 1. The number of hydrogen-bond acceptors (Lipinski definition) is 6. The lowest BCUT2D eigenvalue weighted by Gasteiger charge is -2.15. The van der Waals surface area contributed by atoms with Crippen molar-refractivity contribution in [1.82, 2.24) is 14.1 Å². The number of aryl methyl sites for hydroxylation is 1. The van der Waals surface area contributed by atoms with Crippen LogP contribution in [-0.2, 0) is 20.1 Å². The van der Waals surface area contributed by atoms with Gasteiger partial charge < -0.3 is 11.1 Å². The van der Waals surface area contributed by atoms with Crippen LogP contribution in [0.1, 0.15) is 24.0 Å². The second kappa shape index (κ2) is 6.13. The topological polar surface area (TPSA) is 94.9 Å². The fourth-order valence-electron chi connectivity index (χ4n) is 2.06. The highest BCUT2D eigenvalue weighted by molar-refractivity contribution is 7.09. The van der Waals surface area contributed by atoms with Gasteiger partial charge in [0, 0.05) is 19.0 Å². The number of nitrogens with one attached hydrogen (secondary N) is 1. The fourth-order valence-corrected chi connectivity index (χ4v) is 2.67. The van der Waals surface area contributed by atoms with Gasteiger partial charge in [-0.3, -0.25) is 13.9 Å². The molecule has 2 aromatic heterocycles. The Hall–Kier alpha value is -2.09. The Morgan fingerprint density at radius 3 is 2.71 bits per heavy atom. The van der Waals surface area contributed by atoms with E-state index >= 15 is 0 Å². The van der Waals surface area contributed by atoms with Gasteiger partial charge in [0.2, 0.25) is 0 Å². The summed E-state index contributed by atoms with van der Waals surface area (Å²) >= 11 is 1.54. The van der Waals surface area contributed by atoms with Crippen molar-refractivity contribution in [2.24, 2.45) is 7.05 Å². The lowest BCUT2D eigenvalue weighted by molar-refractivity contribution is 0.600. The Kier molecular flexibility index (Phi) is 4.46. The summed E-state index contributed by atoms with van der Waals surface area (Å²) in [5.74, 6) is 0.178. The normalized spacial score (nSPS) is 10.8. The van der Waals surface area contributed by atoms with Crippen LogP contribution in [-0.4, -0.2) is 14.1 Å². The summed E-state index contributed by atoms with van der Waals surface area (Å²) in [4.78, 5) is 28.5. The monoisotopic (exact) mass is 309 g/mol. The van der Waals surface area contributed by atoms with Gasteiger partial charge in [-0.15, -0.1) is 11.3 Å². The van der Waals surface area contributed by atoms with Gasteiger partial charge in [-0.25, -0.2) is 9.78 Å². The standard InChI is InChI=1S/C13H19N5O2S/c1-4-5-18-11(14)10(12(19)17(3)13(18)20)15-6-9-7-21-8(2)16-9/h7,15H,4-6,14H2,1-3H3. The van der Waals surface area contributed by atoms with Crippen molar-refractivity contribution in [2.45, 2.75) is 33.4 Å². The van der Waals surface area contributed by atoms with Crippen molar-refractivity contribution in [3.8, 4) is 0 Å². The van der Waals surface area contributed by atoms with Crippen molar-refractivity contribution >= 4 is 22.8 Å². The Bertz CT molecular complexity index is 759. The summed E-state index contributed by atoms with van der Waals surface area (Å²) in [6.07, 6.45) is 0.757. The molecule has 114 valence electrons. The molecule has 3 N–H and O–H groups in total. The number of aromatic nitrogens is 3.